The van der Waals surface area contributed by atoms with Crippen molar-refractivity contribution in [3.05, 3.63) is 29.3 Å². The molecule has 1 aliphatic heterocycles. The van der Waals surface area contributed by atoms with E-state index in [1.165, 1.54) is 11.1 Å². The van der Waals surface area contributed by atoms with E-state index in [4.69, 9.17) is 4.74 Å². The van der Waals surface area contributed by atoms with Gasteiger partial charge in [-0.05, 0) is 42.5 Å². The first kappa shape index (κ1) is 11.5. The summed E-state index contributed by atoms with van der Waals surface area (Å²) in [4.78, 5) is 0. The first-order valence-electron chi connectivity index (χ1n) is 6.21. The maximum Gasteiger partial charge on any atom is 0.122 e. The summed E-state index contributed by atoms with van der Waals surface area (Å²) in [6, 6.07) is 6.60. The SMILES string of the molecule is CC(C)CNCc1ccc2c(c1)OCCC2. The van der Waals surface area contributed by atoms with Gasteiger partial charge in [0.15, 0.2) is 0 Å². The molecular weight excluding hydrogens is 198 g/mol. The van der Waals surface area contributed by atoms with Crippen molar-refractivity contribution in [3.63, 3.8) is 0 Å². The van der Waals surface area contributed by atoms with Crippen LogP contribution in [-0.2, 0) is 13.0 Å². The summed E-state index contributed by atoms with van der Waals surface area (Å²) in [7, 11) is 0. The van der Waals surface area contributed by atoms with Gasteiger partial charge in [-0.1, -0.05) is 26.0 Å². The van der Waals surface area contributed by atoms with Crippen LogP contribution in [0.3, 0.4) is 0 Å². The Morgan fingerprint density at radius 1 is 1.38 bits per heavy atom. The van der Waals surface area contributed by atoms with Gasteiger partial charge in [0.25, 0.3) is 0 Å². The fourth-order valence-corrected chi connectivity index (χ4v) is 2.00. The van der Waals surface area contributed by atoms with Crippen molar-refractivity contribution in [2.45, 2.75) is 33.2 Å². The first-order chi connectivity index (χ1) is 7.75. The second-order valence-corrected chi connectivity index (χ2v) is 4.92. The summed E-state index contributed by atoms with van der Waals surface area (Å²) in [5, 5.41) is 3.45. The number of fused-ring (bicyclic) bond motifs is 1. The molecule has 16 heavy (non-hydrogen) atoms. The Labute approximate surface area is 98.0 Å². The lowest BCUT2D eigenvalue weighted by Gasteiger charge is -2.18. The molecule has 1 N–H and O–H groups in total. The molecule has 0 bridgehead atoms. The molecule has 0 saturated heterocycles. The van der Waals surface area contributed by atoms with Gasteiger partial charge in [0.05, 0.1) is 6.61 Å². The van der Waals surface area contributed by atoms with Gasteiger partial charge in [-0.25, -0.2) is 0 Å². The van der Waals surface area contributed by atoms with Crippen LogP contribution in [0.15, 0.2) is 18.2 Å². The van der Waals surface area contributed by atoms with Crippen LogP contribution < -0.4 is 10.1 Å². The lowest BCUT2D eigenvalue weighted by atomic mass is 10.0. The van der Waals surface area contributed by atoms with E-state index < -0.39 is 0 Å². The van der Waals surface area contributed by atoms with Crippen molar-refractivity contribution in [2.75, 3.05) is 13.2 Å². The highest BCUT2D eigenvalue weighted by molar-refractivity contribution is 5.38. The molecule has 2 nitrogen and oxygen atoms in total. The molecule has 1 aliphatic rings. The van der Waals surface area contributed by atoms with Crippen molar-refractivity contribution < 1.29 is 4.74 Å². The van der Waals surface area contributed by atoms with Crippen molar-refractivity contribution in [1.29, 1.82) is 0 Å². The molecule has 0 radical (unpaired) electrons. The van der Waals surface area contributed by atoms with Gasteiger partial charge in [-0.15, -0.1) is 0 Å². The Kier molecular flexibility index (Phi) is 3.83. The summed E-state index contributed by atoms with van der Waals surface area (Å²) in [6.07, 6.45) is 2.31. The summed E-state index contributed by atoms with van der Waals surface area (Å²) in [5.74, 6) is 1.80. The minimum atomic E-state index is 0.703. The molecule has 2 heteroatoms. The molecule has 0 unspecified atom stereocenters. The second kappa shape index (κ2) is 5.35. The van der Waals surface area contributed by atoms with Gasteiger partial charge in [-0.2, -0.15) is 0 Å². The third kappa shape index (κ3) is 2.99. The quantitative estimate of drug-likeness (QED) is 0.840. The first-order valence-corrected chi connectivity index (χ1v) is 6.21. The van der Waals surface area contributed by atoms with Gasteiger partial charge < -0.3 is 10.1 Å². The summed E-state index contributed by atoms with van der Waals surface area (Å²) < 4.78 is 5.66. The highest BCUT2D eigenvalue weighted by Gasteiger charge is 2.10. The topological polar surface area (TPSA) is 21.3 Å². The van der Waals surface area contributed by atoms with Crippen LogP contribution in [0.1, 0.15) is 31.4 Å². The lowest BCUT2D eigenvalue weighted by Crippen LogP contribution is -2.19. The smallest absolute Gasteiger partial charge is 0.122 e. The highest BCUT2D eigenvalue weighted by Crippen LogP contribution is 2.25. The molecule has 0 amide bonds. The van der Waals surface area contributed by atoms with Crippen LogP contribution in [0.25, 0.3) is 0 Å². The molecule has 1 aromatic rings. The van der Waals surface area contributed by atoms with Gasteiger partial charge in [-0.3, -0.25) is 0 Å². The van der Waals surface area contributed by atoms with Crippen LogP contribution in [0.5, 0.6) is 5.75 Å². The minimum Gasteiger partial charge on any atom is -0.493 e. The van der Waals surface area contributed by atoms with Crippen LogP contribution in [0, 0.1) is 5.92 Å². The van der Waals surface area contributed by atoms with E-state index in [0.29, 0.717) is 5.92 Å². The predicted molar refractivity (Wildman–Crippen MR) is 66.8 cm³/mol. The largest absolute Gasteiger partial charge is 0.493 e. The molecular formula is C14H21NO. The van der Waals surface area contributed by atoms with E-state index in [1.807, 2.05) is 0 Å². The molecule has 1 heterocycles. The zero-order valence-electron chi connectivity index (χ0n) is 10.3. The fraction of sp³-hybridized carbons (Fsp3) is 0.571. The summed E-state index contributed by atoms with van der Waals surface area (Å²) in [5.41, 5.74) is 2.68. The summed E-state index contributed by atoms with van der Waals surface area (Å²) in [6.45, 7) is 7.33. The van der Waals surface area contributed by atoms with Gasteiger partial charge >= 0.3 is 0 Å². The normalized spacial score (nSPS) is 14.7. The Balaban J connectivity index is 1.95. The van der Waals surface area contributed by atoms with E-state index >= 15 is 0 Å². The van der Waals surface area contributed by atoms with Gasteiger partial charge in [0.1, 0.15) is 5.75 Å². The molecule has 2 rings (SSSR count). The van der Waals surface area contributed by atoms with E-state index in [0.717, 1.165) is 38.3 Å². The molecule has 0 fully saturated rings. The third-order valence-electron chi connectivity index (χ3n) is 2.86. The van der Waals surface area contributed by atoms with Gasteiger partial charge in [0.2, 0.25) is 0 Å². The minimum absolute atomic E-state index is 0.703. The number of hydrogen-bond acceptors (Lipinski definition) is 2. The van der Waals surface area contributed by atoms with Crippen LogP contribution in [-0.4, -0.2) is 13.2 Å². The standard InChI is InChI=1S/C14H21NO/c1-11(2)9-15-10-12-5-6-13-4-3-7-16-14(13)8-12/h5-6,8,11,15H,3-4,7,9-10H2,1-2H3. The predicted octanol–water partition coefficient (Wildman–Crippen LogP) is 2.76. The van der Waals surface area contributed by atoms with Crippen LogP contribution in [0.4, 0.5) is 0 Å². The van der Waals surface area contributed by atoms with E-state index in [1.54, 1.807) is 0 Å². The van der Waals surface area contributed by atoms with Crippen LogP contribution in [0.2, 0.25) is 0 Å². The molecule has 88 valence electrons. The third-order valence-corrected chi connectivity index (χ3v) is 2.86. The van der Waals surface area contributed by atoms with Crippen LogP contribution >= 0.6 is 0 Å². The van der Waals surface area contributed by atoms with E-state index in [-0.39, 0.29) is 0 Å². The average molecular weight is 219 g/mol. The van der Waals surface area contributed by atoms with E-state index in [9.17, 15) is 0 Å². The number of aryl methyl sites for hydroxylation is 1. The lowest BCUT2D eigenvalue weighted by molar-refractivity contribution is 0.288. The fourth-order valence-electron chi connectivity index (χ4n) is 2.00. The number of benzene rings is 1. The van der Waals surface area contributed by atoms with Crippen molar-refractivity contribution in [2.24, 2.45) is 5.92 Å². The molecule has 0 aliphatic carbocycles. The summed E-state index contributed by atoms with van der Waals surface area (Å²) >= 11 is 0. The average Bonchev–Trinajstić information content (AvgIpc) is 2.28. The molecule has 0 atom stereocenters. The molecule has 1 aromatic carbocycles. The van der Waals surface area contributed by atoms with Crippen molar-refractivity contribution in [3.8, 4) is 5.75 Å². The molecule has 0 spiro atoms. The molecule has 0 aromatic heterocycles. The highest BCUT2D eigenvalue weighted by atomic mass is 16.5. The Bertz CT molecular complexity index is 347. The number of rotatable bonds is 4. The maximum atomic E-state index is 5.66. The number of hydrogen-bond donors (Lipinski definition) is 1. The van der Waals surface area contributed by atoms with Gasteiger partial charge in [0, 0.05) is 6.54 Å². The molecule has 0 saturated carbocycles. The zero-order chi connectivity index (χ0) is 11.4. The zero-order valence-corrected chi connectivity index (χ0v) is 10.3. The maximum absolute atomic E-state index is 5.66. The monoisotopic (exact) mass is 219 g/mol. The van der Waals surface area contributed by atoms with Crippen molar-refractivity contribution in [1.82, 2.24) is 5.32 Å². The second-order valence-electron chi connectivity index (χ2n) is 4.92. The number of ether oxygens (including phenoxy) is 1. The number of nitrogens with one attached hydrogen (secondary N) is 1. The Hall–Kier alpha value is -1.02. The van der Waals surface area contributed by atoms with Crippen molar-refractivity contribution >= 4 is 0 Å². The Morgan fingerprint density at radius 3 is 3.06 bits per heavy atom. The Morgan fingerprint density at radius 2 is 2.25 bits per heavy atom. The van der Waals surface area contributed by atoms with E-state index in [2.05, 4.69) is 37.4 Å².